The van der Waals surface area contributed by atoms with Gasteiger partial charge in [-0.2, -0.15) is 0 Å². The minimum Gasteiger partial charge on any atom is -0.456 e. The predicted octanol–water partition coefficient (Wildman–Crippen LogP) is 12.0. The normalized spacial score (nSPS) is 11.8. The zero-order valence-electron chi connectivity index (χ0n) is 27.6. The van der Waals surface area contributed by atoms with E-state index >= 15 is 0 Å². The molecule has 6 nitrogen and oxygen atoms in total. The summed E-state index contributed by atoms with van der Waals surface area (Å²) in [6, 6.07) is 53.6. The van der Waals surface area contributed by atoms with Crippen LogP contribution in [-0.4, -0.2) is 19.9 Å². The molecule has 3 aromatic heterocycles. The second-order valence-electron chi connectivity index (χ2n) is 13.0. The fourth-order valence-corrected chi connectivity index (χ4v) is 7.49. The third-order valence-electron chi connectivity index (χ3n) is 9.94. The van der Waals surface area contributed by atoms with Crippen molar-refractivity contribution in [1.29, 1.82) is 0 Å². The highest BCUT2D eigenvalue weighted by Gasteiger charge is 2.21. The molecule has 242 valence electrons. The molecule has 0 saturated heterocycles. The monoisotopic (exact) mass is 666 g/mol. The number of furan rings is 1. The van der Waals surface area contributed by atoms with E-state index in [1.54, 1.807) is 0 Å². The number of fused-ring (bicyclic) bond motifs is 9. The van der Waals surface area contributed by atoms with Crippen molar-refractivity contribution in [3.05, 3.63) is 158 Å². The molecule has 11 aromatic rings. The molecule has 11 rings (SSSR count). The van der Waals surface area contributed by atoms with Crippen molar-refractivity contribution in [3.8, 4) is 45.6 Å². The highest BCUT2D eigenvalue weighted by atomic mass is 16.3. The van der Waals surface area contributed by atoms with Crippen molar-refractivity contribution in [2.24, 2.45) is 0 Å². The molecule has 0 unspecified atom stereocenters. The average Bonchev–Trinajstić information content (AvgIpc) is 3.82. The summed E-state index contributed by atoms with van der Waals surface area (Å²) in [4.78, 5) is 20.6. The van der Waals surface area contributed by atoms with Crippen molar-refractivity contribution < 1.29 is 8.83 Å². The van der Waals surface area contributed by atoms with Gasteiger partial charge < -0.3 is 8.83 Å². The molecular weight excluding hydrogens is 641 g/mol. The minimum absolute atomic E-state index is 0.546. The van der Waals surface area contributed by atoms with Crippen LogP contribution in [-0.2, 0) is 0 Å². The fourth-order valence-electron chi connectivity index (χ4n) is 7.49. The number of hydrogen-bond acceptors (Lipinski definition) is 6. The first-order valence-electron chi connectivity index (χ1n) is 17.2. The van der Waals surface area contributed by atoms with Gasteiger partial charge in [0.05, 0.1) is 0 Å². The number of rotatable bonds is 4. The number of aromatic nitrogens is 4. The van der Waals surface area contributed by atoms with E-state index in [0.29, 0.717) is 23.4 Å². The molecule has 0 aliphatic rings. The summed E-state index contributed by atoms with van der Waals surface area (Å²) >= 11 is 0. The second kappa shape index (κ2) is 11.2. The van der Waals surface area contributed by atoms with Gasteiger partial charge in [0.25, 0.3) is 0 Å². The van der Waals surface area contributed by atoms with Gasteiger partial charge in [-0.15, -0.1) is 0 Å². The fraction of sp³-hybridized carbons (Fsp3) is 0. The summed E-state index contributed by atoms with van der Waals surface area (Å²) in [5.74, 6) is 2.25. The molecule has 0 amide bonds. The summed E-state index contributed by atoms with van der Waals surface area (Å²) in [6.45, 7) is 0. The maximum Gasteiger partial charge on any atom is 0.227 e. The van der Waals surface area contributed by atoms with E-state index in [2.05, 4.69) is 84.9 Å². The van der Waals surface area contributed by atoms with E-state index in [1.807, 2.05) is 72.8 Å². The van der Waals surface area contributed by atoms with Crippen LogP contribution in [0.5, 0.6) is 0 Å². The Bertz CT molecular complexity index is 3200. The Balaban J connectivity index is 1.20. The third-order valence-corrected chi connectivity index (χ3v) is 9.94. The van der Waals surface area contributed by atoms with Gasteiger partial charge in [0.1, 0.15) is 16.7 Å². The number of oxazole rings is 1. The predicted molar refractivity (Wildman–Crippen MR) is 209 cm³/mol. The Labute approximate surface area is 296 Å². The SMILES string of the molecule is c1ccc(-c2nc3cc(-c4nc(-c5ccc6c(c5)oc5ccccc56)nc(-c5cc6ccccc6c6ccccc56)n4)c4ccccc4c3o2)cc1. The first-order chi connectivity index (χ1) is 25.7. The molecule has 0 fully saturated rings. The van der Waals surface area contributed by atoms with E-state index in [0.717, 1.165) is 82.2 Å². The lowest BCUT2D eigenvalue weighted by Gasteiger charge is -2.13. The number of nitrogens with zero attached hydrogens (tertiary/aromatic N) is 4. The Morgan fingerprint density at radius 1 is 0.346 bits per heavy atom. The standard InChI is InChI=1S/C46H26N4O2/c1-2-12-27(13-3-1)46-47-39-26-38(33-18-8-9-20-36(33)42(39)52-46)45-49-43(29-22-23-35-34-19-10-11-21-40(34)51-41(35)25-29)48-44(50-45)37-24-28-14-4-5-15-30(28)31-16-6-7-17-32(31)37/h1-26H. The van der Waals surface area contributed by atoms with Crippen molar-refractivity contribution in [3.63, 3.8) is 0 Å². The Morgan fingerprint density at radius 2 is 0.942 bits per heavy atom. The summed E-state index contributed by atoms with van der Waals surface area (Å²) < 4.78 is 12.7. The zero-order chi connectivity index (χ0) is 34.2. The van der Waals surface area contributed by atoms with Crippen LogP contribution in [0.15, 0.2) is 167 Å². The van der Waals surface area contributed by atoms with Crippen LogP contribution in [0.2, 0.25) is 0 Å². The zero-order valence-corrected chi connectivity index (χ0v) is 27.6. The van der Waals surface area contributed by atoms with Crippen LogP contribution in [0.1, 0.15) is 0 Å². The van der Waals surface area contributed by atoms with Gasteiger partial charge in [0, 0.05) is 38.4 Å². The second-order valence-corrected chi connectivity index (χ2v) is 13.0. The Hall–Kier alpha value is -7.18. The van der Waals surface area contributed by atoms with Crippen LogP contribution >= 0.6 is 0 Å². The summed E-state index contributed by atoms with van der Waals surface area (Å²) in [7, 11) is 0. The first-order valence-corrected chi connectivity index (χ1v) is 17.2. The molecule has 0 N–H and O–H groups in total. The molecular formula is C46H26N4O2. The molecule has 0 radical (unpaired) electrons. The highest BCUT2D eigenvalue weighted by Crippen LogP contribution is 2.39. The van der Waals surface area contributed by atoms with E-state index in [4.69, 9.17) is 28.8 Å². The van der Waals surface area contributed by atoms with Crippen molar-refractivity contribution >= 4 is 65.4 Å². The lowest BCUT2D eigenvalue weighted by atomic mass is 9.96. The molecule has 0 aliphatic carbocycles. The van der Waals surface area contributed by atoms with E-state index in [-0.39, 0.29) is 0 Å². The van der Waals surface area contributed by atoms with Crippen molar-refractivity contribution in [2.75, 3.05) is 0 Å². The van der Waals surface area contributed by atoms with Crippen LogP contribution in [0.25, 0.3) is 111 Å². The largest absolute Gasteiger partial charge is 0.456 e. The maximum absolute atomic E-state index is 6.42. The summed E-state index contributed by atoms with van der Waals surface area (Å²) in [6.07, 6.45) is 0. The maximum atomic E-state index is 6.42. The van der Waals surface area contributed by atoms with Gasteiger partial charge in [0.15, 0.2) is 23.1 Å². The highest BCUT2D eigenvalue weighted by molar-refractivity contribution is 6.14. The molecule has 6 heteroatoms. The molecule has 0 aliphatic heterocycles. The third kappa shape index (κ3) is 4.44. The first kappa shape index (κ1) is 28.6. The molecule has 0 spiro atoms. The molecule has 8 aromatic carbocycles. The lowest BCUT2D eigenvalue weighted by molar-refractivity contribution is 0.623. The van der Waals surface area contributed by atoms with Gasteiger partial charge in [-0.05, 0) is 69.4 Å². The lowest BCUT2D eigenvalue weighted by Crippen LogP contribution is -2.01. The smallest absolute Gasteiger partial charge is 0.227 e. The van der Waals surface area contributed by atoms with E-state index in [9.17, 15) is 0 Å². The van der Waals surface area contributed by atoms with Crippen LogP contribution in [0.4, 0.5) is 0 Å². The summed E-state index contributed by atoms with van der Waals surface area (Å²) in [5, 5.41) is 8.54. The quantitative estimate of drug-likeness (QED) is 0.174. The van der Waals surface area contributed by atoms with Crippen molar-refractivity contribution in [1.82, 2.24) is 19.9 Å². The molecule has 3 heterocycles. The molecule has 0 saturated carbocycles. The van der Waals surface area contributed by atoms with Gasteiger partial charge in [0.2, 0.25) is 5.89 Å². The van der Waals surface area contributed by atoms with Crippen LogP contribution < -0.4 is 0 Å². The number of hydrogen-bond donors (Lipinski definition) is 0. The van der Waals surface area contributed by atoms with Gasteiger partial charge in [-0.1, -0.05) is 115 Å². The average molecular weight is 667 g/mol. The molecule has 52 heavy (non-hydrogen) atoms. The minimum atomic E-state index is 0.546. The number of para-hydroxylation sites is 1. The van der Waals surface area contributed by atoms with Gasteiger partial charge >= 0.3 is 0 Å². The Morgan fingerprint density at radius 3 is 1.75 bits per heavy atom. The van der Waals surface area contributed by atoms with Crippen LogP contribution in [0.3, 0.4) is 0 Å². The van der Waals surface area contributed by atoms with E-state index in [1.165, 1.54) is 5.39 Å². The van der Waals surface area contributed by atoms with Gasteiger partial charge in [-0.25, -0.2) is 19.9 Å². The molecule has 0 atom stereocenters. The topological polar surface area (TPSA) is 77.8 Å². The van der Waals surface area contributed by atoms with E-state index < -0.39 is 0 Å². The van der Waals surface area contributed by atoms with Gasteiger partial charge in [-0.3, -0.25) is 0 Å². The van der Waals surface area contributed by atoms with Crippen LogP contribution in [0, 0.1) is 0 Å². The summed E-state index contributed by atoms with van der Waals surface area (Å²) in [5.41, 5.74) is 6.60. The molecule has 0 bridgehead atoms. The Kier molecular flexibility index (Phi) is 6.15. The van der Waals surface area contributed by atoms with Crippen molar-refractivity contribution in [2.45, 2.75) is 0 Å². The number of benzene rings is 8.